The van der Waals surface area contributed by atoms with Gasteiger partial charge in [-0.05, 0) is 34.5 Å². The topological polar surface area (TPSA) is 23.9 Å². The third kappa shape index (κ3) is 1.05. The van der Waals surface area contributed by atoms with E-state index in [1.165, 1.54) is 16.3 Å². The molecule has 1 heterocycles. The highest BCUT2D eigenvalue weighted by molar-refractivity contribution is 7.17. The lowest BCUT2D eigenvalue weighted by atomic mass is 10.2. The summed E-state index contributed by atoms with van der Waals surface area (Å²) >= 11 is 1.73. The lowest BCUT2D eigenvalue weighted by Crippen LogP contribution is -1.75. The van der Waals surface area contributed by atoms with Crippen molar-refractivity contribution in [1.82, 2.24) is 0 Å². The molecule has 0 bridgehead atoms. The van der Waals surface area contributed by atoms with Gasteiger partial charge in [0, 0.05) is 10.9 Å². The molecule has 1 nitrogen and oxygen atoms in total. The van der Waals surface area contributed by atoms with Gasteiger partial charge in [-0.15, -0.1) is 11.3 Å². The van der Waals surface area contributed by atoms with Gasteiger partial charge < -0.3 is 5.41 Å². The molecule has 1 aromatic heterocycles. The van der Waals surface area contributed by atoms with Gasteiger partial charge in [-0.2, -0.15) is 0 Å². The summed E-state index contributed by atoms with van der Waals surface area (Å²) in [5.41, 5.74) is 0.968. The van der Waals surface area contributed by atoms with Crippen molar-refractivity contribution in [2.45, 2.75) is 0 Å². The Kier molecular flexibility index (Phi) is 1.47. The van der Waals surface area contributed by atoms with Gasteiger partial charge in [0.05, 0.1) is 0 Å². The van der Waals surface area contributed by atoms with E-state index in [2.05, 4.69) is 17.5 Å². The van der Waals surface area contributed by atoms with Crippen molar-refractivity contribution in [2.75, 3.05) is 0 Å². The summed E-state index contributed by atoms with van der Waals surface area (Å²) in [5, 5.41) is 10.4. The molecule has 0 atom stereocenters. The lowest BCUT2D eigenvalue weighted by molar-refractivity contribution is 1.55. The first-order valence-electron chi connectivity index (χ1n) is 3.38. The maximum Gasteiger partial charge on any atom is 0.0343 e. The van der Waals surface area contributed by atoms with E-state index < -0.39 is 0 Å². The predicted octanol–water partition coefficient (Wildman–Crippen LogP) is 2.90. The minimum Gasteiger partial charge on any atom is -0.308 e. The number of fused-ring (bicyclic) bond motifs is 1. The summed E-state index contributed by atoms with van der Waals surface area (Å²) in [5.74, 6) is 0. The van der Waals surface area contributed by atoms with Crippen molar-refractivity contribution in [2.24, 2.45) is 0 Å². The van der Waals surface area contributed by atoms with Crippen LogP contribution in [-0.2, 0) is 0 Å². The van der Waals surface area contributed by atoms with Crippen LogP contribution in [0.2, 0.25) is 0 Å². The third-order valence-electron chi connectivity index (χ3n) is 1.64. The molecule has 1 N–H and O–H groups in total. The molecule has 0 radical (unpaired) electrons. The Bertz CT molecular complexity index is 389. The molecule has 0 amide bonds. The summed E-state index contributed by atoms with van der Waals surface area (Å²) in [6.07, 6.45) is 1.37. The van der Waals surface area contributed by atoms with Crippen LogP contribution in [0, 0.1) is 5.41 Å². The van der Waals surface area contributed by atoms with Crippen LogP contribution < -0.4 is 0 Å². The van der Waals surface area contributed by atoms with Gasteiger partial charge in [-0.3, -0.25) is 0 Å². The zero-order chi connectivity index (χ0) is 7.68. The Balaban J connectivity index is 2.76. The highest BCUT2D eigenvalue weighted by atomic mass is 32.1. The fourth-order valence-corrected chi connectivity index (χ4v) is 1.85. The highest BCUT2D eigenvalue weighted by Gasteiger charge is 1.93. The van der Waals surface area contributed by atoms with Crippen LogP contribution in [0.4, 0.5) is 0 Å². The summed E-state index contributed by atoms with van der Waals surface area (Å²) in [6.45, 7) is 0. The first-order valence-corrected chi connectivity index (χ1v) is 4.26. The largest absolute Gasteiger partial charge is 0.308 e. The van der Waals surface area contributed by atoms with Crippen LogP contribution in [0.1, 0.15) is 5.56 Å². The second-order valence-corrected chi connectivity index (χ2v) is 3.31. The van der Waals surface area contributed by atoms with Crippen molar-refractivity contribution in [1.29, 1.82) is 5.41 Å². The number of thiophene rings is 1. The van der Waals surface area contributed by atoms with Crippen LogP contribution in [0.15, 0.2) is 29.6 Å². The molecule has 0 spiro atoms. The number of rotatable bonds is 1. The average molecular weight is 161 g/mol. The van der Waals surface area contributed by atoms with Gasteiger partial charge >= 0.3 is 0 Å². The van der Waals surface area contributed by atoms with Crippen molar-refractivity contribution in [3.63, 3.8) is 0 Å². The minimum atomic E-state index is 0.968. The maximum atomic E-state index is 7.05. The molecule has 0 saturated carbocycles. The molecule has 1 aromatic carbocycles. The standard InChI is InChI=1S/C9H7NS/c10-6-7-1-2-9-8(5-7)3-4-11-9/h1-6,10H. The second-order valence-electron chi connectivity index (χ2n) is 2.36. The van der Waals surface area contributed by atoms with E-state index in [-0.39, 0.29) is 0 Å². The van der Waals surface area contributed by atoms with Gasteiger partial charge in [0.15, 0.2) is 0 Å². The molecule has 11 heavy (non-hydrogen) atoms. The molecule has 0 aliphatic carbocycles. The molecule has 0 aliphatic rings. The van der Waals surface area contributed by atoms with E-state index in [0.29, 0.717) is 0 Å². The molecule has 0 aliphatic heterocycles. The molecular weight excluding hydrogens is 154 g/mol. The molecule has 2 aromatic rings. The smallest absolute Gasteiger partial charge is 0.0343 e. The monoisotopic (exact) mass is 161 g/mol. The van der Waals surface area contributed by atoms with Crippen LogP contribution in [0.5, 0.6) is 0 Å². The van der Waals surface area contributed by atoms with Crippen LogP contribution >= 0.6 is 11.3 Å². The first kappa shape index (κ1) is 6.55. The van der Waals surface area contributed by atoms with Crippen LogP contribution in [0.3, 0.4) is 0 Å². The van der Waals surface area contributed by atoms with Crippen molar-refractivity contribution in [3.8, 4) is 0 Å². The van der Waals surface area contributed by atoms with Crippen molar-refractivity contribution < 1.29 is 0 Å². The second kappa shape index (κ2) is 2.47. The number of benzene rings is 1. The molecule has 2 rings (SSSR count). The quantitative estimate of drug-likeness (QED) is 0.622. The van der Waals surface area contributed by atoms with Gasteiger partial charge in [0.2, 0.25) is 0 Å². The van der Waals surface area contributed by atoms with Crippen LogP contribution in [0.25, 0.3) is 10.1 Å². The molecule has 0 saturated heterocycles. The van der Waals surface area contributed by atoms with Gasteiger partial charge in [0.1, 0.15) is 0 Å². The predicted molar refractivity (Wildman–Crippen MR) is 49.7 cm³/mol. The van der Waals surface area contributed by atoms with E-state index in [1.54, 1.807) is 11.3 Å². The van der Waals surface area contributed by atoms with Crippen LogP contribution in [-0.4, -0.2) is 6.21 Å². The minimum absolute atomic E-state index is 0.968. The van der Waals surface area contributed by atoms with E-state index in [4.69, 9.17) is 5.41 Å². The summed E-state index contributed by atoms with van der Waals surface area (Å²) < 4.78 is 1.29. The third-order valence-corrected chi connectivity index (χ3v) is 2.54. The molecule has 0 unspecified atom stereocenters. The van der Waals surface area contributed by atoms with E-state index in [0.717, 1.165) is 5.56 Å². The maximum absolute atomic E-state index is 7.05. The Morgan fingerprint density at radius 1 is 1.27 bits per heavy atom. The molecule has 2 heteroatoms. The number of hydrogen-bond donors (Lipinski definition) is 1. The van der Waals surface area contributed by atoms with Crippen molar-refractivity contribution >= 4 is 27.6 Å². The SMILES string of the molecule is N=Cc1ccc2sccc2c1. The van der Waals surface area contributed by atoms with Gasteiger partial charge in [0.25, 0.3) is 0 Å². The normalized spacial score (nSPS) is 10.2. The molecule has 0 fully saturated rings. The summed E-state index contributed by atoms with van der Waals surface area (Å²) in [6, 6.07) is 8.12. The Morgan fingerprint density at radius 2 is 2.18 bits per heavy atom. The van der Waals surface area contributed by atoms with Gasteiger partial charge in [-0.25, -0.2) is 0 Å². The Hall–Kier alpha value is -1.15. The Labute approximate surface area is 68.8 Å². The van der Waals surface area contributed by atoms with E-state index in [9.17, 15) is 0 Å². The van der Waals surface area contributed by atoms with E-state index in [1.807, 2.05) is 12.1 Å². The highest BCUT2D eigenvalue weighted by Crippen LogP contribution is 2.20. The molecular formula is C9H7NS. The zero-order valence-corrected chi connectivity index (χ0v) is 6.69. The lowest BCUT2D eigenvalue weighted by Gasteiger charge is -1.90. The fraction of sp³-hybridized carbons (Fsp3) is 0. The zero-order valence-electron chi connectivity index (χ0n) is 5.87. The number of hydrogen-bond acceptors (Lipinski definition) is 2. The molecule has 54 valence electrons. The number of nitrogens with one attached hydrogen (secondary N) is 1. The Morgan fingerprint density at radius 3 is 3.00 bits per heavy atom. The fourth-order valence-electron chi connectivity index (χ4n) is 1.07. The summed E-state index contributed by atoms with van der Waals surface area (Å²) in [4.78, 5) is 0. The first-order chi connectivity index (χ1) is 5.40. The van der Waals surface area contributed by atoms with Crippen molar-refractivity contribution in [3.05, 3.63) is 35.2 Å². The van der Waals surface area contributed by atoms with Gasteiger partial charge in [-0.1, -0.05) is 6.07 Å². The van der Waals surface area contributed by atoms with E-state index >= 15 is 0 Å². The average Bonchev–Trinajstić information content (AvgIpc) is 2.50. The summed E-state index contributed by atoms with van der Waals surface area (Å²) in [7, 11) is 0.